The van der Waals surface area contributed by atoms with Crippen LogP contribution in [0, 0.1) is 5.82 Å². The number of carbonyl (C=O) groups is 1. The molecule has 4 rings (SSSR count). The van der Waals surface area contributed by atoms with Crippen molar-refractivity contribution in [2.45, 2.75) is 44.6 Å². The van der Waals surface area contributed by atoms with E-state index in [0.29, 0.717) is 12.1 Å². The summed E-state index contributed by atoms with van der Waals surface area (Å²) in [5.74, 6) is -0.422. The average Bonchev–Trinajstić information content (AvgIpc) is 3.11. The van der Waals surface area contributed by atoms with Gasteiger partial charge < -0.3 is 4.90 Å². The van der Waals surface area contributed by atoms with Crippen LogP contribution in [0.3, 0.4) is 0 Å². The number of hydrogen-bond donors (Lipinski definition) is 0. The minimum atomic E-state index is -3.08. The molecule has 1 fully saturated rings. The van der Waals surface area contributed by atoms with E-state index in [2.05, 4.69) is 5.10 Å². The second-order valence-corrected chi connectivity index (χ2v) is 9.92. The van der Waals surface area contributed by atoms with E-state index in [1.807, 2.05) is 0 Å². The minimum absolute atomic E-state index is 0.0100. The number of carbonyl (C=O) groups excluding carboxylic acids is 1. The third-order valence-corrected chi connectivity index (χ3v) is 7.53. The Kier molecular flexibility index (Phi) is 4.99. The molecule has 1 unspecified atom stereocenters. The van der Waals surface area contributed by atoms with Crippen LogP contribution >= 0.6 is 0 Å². The highest BCUT2D eigenvalue weighted by atomic mass is 32.2. The second kappa shape index (κ2) is 7.31. The Morgan fingerprint density at radius 1 is 1.18 bits per heavy atom. The van der Waals surface area contributed by atoms with Crippen LogP contribution in [0.5, 0.6) is 0 Å². The summed E-state index contributed by atoms with van der Waals surface area (Å²) in [7, 11) is -1.42. The maximum absolute atomic E-state index is 13.3. The number of sulfone groups is 1. The first-order chi connectivity index (χ1) is 13.4. The molecular weight excluding hydrogens is 381 g/mol. The summed E-state index contributed by atoms with van der Waals surface area (Å²) in [6.45, 7) is 0. The zero-order chi connectivity index (χ0) is 19.9. The van der Waals surface area contributed by atoms with Crippen molar-refractivity contribution in [3.05, 3.63) is 47.0 Å². The Hall–Kier alpha value is -2.22. The van der Waals surface area contributed by atoms with E-state index in [9.17, 15) is 17.6 Å². The number of rotatable bonds is 3. The molecule has 1 aliphatic carbocycles. The van der Waals surface area contributed by atoms with Crippen LogP contribution in [0.25, 0.3) is 5.69 Å². The van der Waals surface area contributed by atoms with E-state index in [1.165, 1.54) is 17.0 Å². The highest BCUT2D eigenvalue weighted by Gasteiger charge is 2.35. The minimum Gasteiger partial charge on any atom is -0.336 e. The van der Waals surface area contributed by atoms with E-state index in [1.54, 1.807) is 23.9 Å². The van der Waals surface area contributed by atoms with Crippen LogP contribution in [-0.4, -0.2) is 53.6 Å². The summed E-state index contributed by atoms with van der Waals surface area (Å²) < 4.78 is 38.7. The average molecular weight is 405 g/mol. The number of hydrogen-bond acceptors (Lipinski definition) is 4. The van der Waals surface area contributed by atoms with Gasteiger partial charge in [-0.15, -0.1) is 0 Å². The summed E-state index contributed by atoms with van der Waals surface area (Å²) in [4.78, 5) is 14.8. The Balaban J connectivity index is 1.72. The van der Waals surface area contributed by atoms with Crippen LogP contribution in [0.2, 0.25) is 0 Å². The first-order valence-electron chi connectivity index (χ1n) is 9.70. The molecule has 2 aromatic rings. The number of aromatic nitrogens is 2. The fraction of sp³-hybridized carbons (Fsp3) is 0.500. The van der Waals surface area contributed by atoms with E-state index in [4.69, 9.17) is 0 Å². The number of nitrogens with zero attached hydrogens (tertiary/aromatic N) is 3. The van der Waals surface area contributed by atoms with Crippen molar-refractivity contribution in [3.8, 4) is 5.69 Å². The molecule has 1 aromatic heterocycles. The molecule has 1 aromatic carbocycles. The van der Waals surface area contributed by atoms with Crippen molar-refractivity contribution in [1.82, 2.24) is 14.7 Å². The van der Waals surface area contributed by atoms with Crippen molar-refractivity contribution < 1.29 is 17.6 Å². The van der Waals surface area contributed by atoms with Gasteiger partial charge in [-0.2, -0.15) is 5.10 Å². The Labute approximate surface area is 164 Å². The van der Waals surface area contributed by atoms with Gasteiger partial charge in [0.25, 0.3) is 5.91 Å². The Bertz CT molecular complexity index is 998. The summed E-state index contributed by atoms with van der Waals surface area (Å²) in [5, 5.41) is 4.62. The maximum Gasteiger partial charge on any atom is 0.274 e. The summed E-state index contributed by atoms with van der Waals surface area (Å²) in [6, 6.07) is 5.79. The van der Waals surface area contributed by atoms with E-state index in [-0.39, 0.29) is 29.3 Å². The monoisotopic (exact) mass is 405 g/mol. The molecule has 1 atom stereocenters. The lowest BCUT2D eigenvalue weighted by Crippen LogP contribution is -2.38. The molecule has 6 nitrogen and oxygen atoms in total. The van der Waals surface area contributed by atoms with Gasteiger partial charge in [0, 0.05) is 24.3 Å². The van der Waals surface area contributed by atoms with Crippen LogP contribution < -0.4 is 0 Å². The standard InChI is InChI=1S/C20H24FN3O3S/c1-23(16-11-12-28(26,27)13-16)20(25)19-17-5-3-2-4-6-18(17)24(22-19)15-9-7-14(21)8-10-15/h7-10,16H,2-6,11-13H2,1H3. The number of fused-ring (bicyclic) bond motifs is 1. The van der Waals surface area contributed by atoms with E-state index in [0.717, 1.165) is 49.0 Å². The zero-order valence-electron chi connectivity index (χ0n) is 15.9. The summed E-state index contributed by atoms with van der Waals surface area (Å²) >= 11 is 0. The molecule has 2 heterocycles. The van der Waals surface area contributed by atoms with Crippen molar-refractivity contribution in [1.29, 1.82) is 0 Å². The second-order valence-electron chi connectivity index (χ2n) is 7.70. The first kappa shape index (κ1) is 19.1. The Morgan fingerprint density at radius 3 is 2.57 bits per heavy atom. The van der Waals surface area contributed by atoms with Gasteiger partial charge >= 0.3 is 0 Å². The largest absolute Gasteiger partial charge is 0.336 e. The molecule has 8 heteroatoms. The van der Waals surface area contributed by atoms with Gasteiger partial charge in [0.1, 0.15) is 5.82 Å². The van der Waals surface area contributed by atoms with Crippen LogP contribution in [0.1, 0.15) is 47.4 Å². The zero-order valence-corrected chi connectivity index (χ0v) is 16.7. The molecule has 0 saturated carbocycles. The molecule has 0 radical (unpaired) electrons. The normalized spacial score (nSPS) is 21.1. The third kappa shape index (κ3) is 3.57. The molecule has 0 bridgehead atoms. The predicted octanol–water partition coefficient (Wildman–Crippen LogP) is 2.54. The number of halogens is 1. The predicted molar refractivity (Wildman–Crippen MR) is 104 cm³/mol. The highest BCUT2D eigenvalue weighted by molar-refractivity contribution is 7.91. The maximum atomic E-state index is 13.3. The van der Waals surface area contributed by atoms with Gasteiger partial charge in [0.15, 0.2) is 15.5 Å². The third-order valence-electron chi connectivity index (χ3n) is 5.78. The molecule has 0 N–H and O–H groups in total. The molecule has 1 amide bonds. The van der Waals surface area contributed by atoms with E-state index >= 15 is 0 Å². The number of amides is 1. The van der Waals surface area contributed by atoms with Gasteiger partial charge in [-0.1, -0.05) is 6.42 Å². The smallest absolute Gasteiger partial charge is 0.274 e. The fourth-order valence-electron chi connectivity index (χ4n) is 4.16. The molecule has 28 heavy (non-hydrogen) atoms. The van der Waals surface area contributed by atoms with Crippen molar-refractivity contribution in [2.75, 3.05) is 18.6 Å². The molecule has 2 aliphatic rings. The lowest BCUT2D eigenvalue weighted by atomic mass is 10.1. The van der Waals surface area contributed by atoms with Gasteiger partial charge in [0.05, 0.1) is 17.2 Å². The van der Waals surface area contributed by atoms with E-state index < -0.39 is 9.84 Å². The molecule has 150 valence electrons. The molecular formula is C20H24FN3O3S. The van der Waals surface area contributed by atoms with Crippen LogP contribution in [0.4, 0.5) is 4.39 Å². The first-order valence-corrected chi connectivity index (χ1v) is 11.5. The number of benzene rings is 1. The lowest BCUT2D eigenvalue weighted by Gasteiger charge is -2.22. The van der Waals surface area contributed by atoms with Crippen molar-refractivity contribution >= 4 is 15.7 Å². The lowest BCUT2D eigenvalue weighted by molar-refractivity contribution is 0.0740. The van der Waals surface area contributed by atoms with Gasteiger partial charge in [-0.3, -0.25) is 4.79 Å². The summed E-state index contributed by atoms with van der Waals surface area (Å²) in [5.41, 5.74) is 3.07. The topological polar surface area (TPSA) is 72.3 Å². The van der Waals surface area contributed by atoms with Crippen LogP contribution in [-0.2, 0) is 22.7 Å². The molecule has 1 aliphatic heterocycles. The molecule has 0 spiro atoms. The quantitative estimate of drug-likeness (QED) is 0.736. The Morgan fingerprint density at radius 2 is 1.89 bits per heavy atom. The van der Waals surface area contributed by atoms with Gasteiger partial charge in [0.2, 0.25) is 0 Å². The van der Waals surface area contributed by atoms with Crippen molar-refractivity contribution in [3.63, 3.8) is 0 Å². The van der Waals surface area contributed by atoms with Gasteiger partial charge in [-0.05, 0) is 56.4 Å². The fourth-order valence-corrected chi connectivity index (χ4v) is 5.93. The molecule has 1 saturated heterocycles. The van der Waals surface area contributed by atoms with Crippen LogP contribution in [0.15, 0.2) is 24.3 Å². The summed E-state index contributed by atoms with van der Waals surface area (Å²) in [6.07, 6.45) is 5.14. The highest BCUT2D eigenvalue weighted by Crippen LogP contribution is 2.28. The SMILES string of the molecule is CN(C(=O)c1nn(-c2ccc(F)cc2)c2c1CCCCC2)C1CCS(=O)(=O)C1. The van der Waals surface area contributed by atoms with Gasteiger partial charge in [-0.25, -0.2) is 17.5 Å². The van der Waals surface area contributed by atoms with Crippen molar-refractivity contribution in [2.24, 2.45) is 0 Å².